The third kappa shape index (κ3) is 4.63. The van der Waals surface area contributed by atoms with Gasteiger partial charge in [-0.1, -0.05) is 6.08 Å². The van der Waals surface area contributed by atoms with Crippen molar-refractivity contribution in [2.45, 2.75) is 41.0 Å². The number of aryl methyl sites for hydroxylation is 2. The molecule has 0 saturated heterocycles. The molecule has 0 unspecified atom stereocenters. The van der Waals surface area contributed by atoms with Crippen LogP contribution < -0.4 is 9.80 Å². The summed E-state index contributed by atoms with van der Waals surface area (Å²) in [6, 6.07) is 6.61. The molecule has 0 N–H and O–H groups in total. The summed E-state index contributed by atoms with van der Waals surface area (Å²) in [7, 11) is 0. The molecular formula is C22H32N4. The van der Waals surface area contributed by atoms with Crippen molar-refractivity contribution in [2.24, 2.45) is 0 Å². The third-order valence-electron chi connectivity index (χ3n) is 4.73. The van der Waals surface area contributed by atoms with Crippen LogP contribution in [0.3, 0.4) is 0 Å². The predicted octanol–water partition coefficient (Wildman–Crippen LogP) is 5.01. The first-order chi connectivity index (χ1) is 12.5. The number of hydrogen-bond donors (Lipinski definition) is 0. The normalized spacial score (nSPS) is 10.7. The Labute approximate surface area is 158 Å². The Morgan fingerprint density at radius 2 is 1.58 bits per heavy atom. The van der Waals surface area contributed by atoms with E-state index < -0.39 is 0 Å². The van der Waals surface area contributed by atoms with Crippen LogP contribution in [-0.4, -0.2) is 36.1 Å². The van der Waals surface area contributed by atoms with Gasteiger partial charge in [-0.3, -0.25) is 4.98 Å². The quantitative estimate of drug-likeness (QED) is 0.594. The number of anilines is 2. The fraction of sp³-hybridized carbons (Fsp3) is 0.455. The summed E-state index contributed by atoms with van der Waals surface area (Å²) in [5.74, 6) is 2.05. The fourth-order valence-electron chi connectivity index (χ4n) is 3.14. The summed E-state index contributed by atoms with van der Waals surface area (Å²) >= 11 is 0. The Morgan fingerprint density at radius 1 is 0.962 bits per heavy atom. The third-order valence-corrected chi connectivity index (χ3v) is 4.73. The number of hydrogen-bond acceptors (Lipinski definition) is 4. The van der Waals surface area contributed by atoms with E-state index in [0.29, 0.717) is 0 Å². The molecule has 4 nitrogen and oxygen atoms in total. The highest BCUT2D eigenvalue weighted by molar-refractivity contribution is 5.73. The minimum Gasteiger partial charge on any atom is -0.357 e. The molecule has 2 aromatic heterocycles. The number of nitrogens with zero attached hydrogens (tertiary/aromatic N) is 4. The number of aromatic nitrogens is 2. The van der Waals surface area contributed by atoms with E-state index >= 15 is 0 Å². The first-order valence-corrected chi connectivity index (χ1v) is 9.60. The zero-order chi connectivity index (χ0) is 19.1. The van der Waals surface area contributed by atoms with E-state index in [1.807, 2.05) is 12.3 Å². The van der Waals surface area contributed by atoms with Crippen molar-refractivity contribution in [1.29, 1.82) is 0 Å². The maximum atomic E-state index is 4.97. The maximum Gasteiger partial charge on any atom is 0.131 e. The van der Waals surface area contributed by atoms with Gasteiger partial charge in [0, 0.05) is 43.6 Å². The van der Waals surface area contributed by atoms with Crippen LogP contribution in [0.2, 0.25) is 0 Å². The molecule has 0 amide bonds. The molecule has 0 spiro atoms. The molecule has 0 aromatic carbocycles. The highest BCUT2D eigenvalue weighted by atomic mass is 15.2. The van der Waals surface area contributed by atoms with Gasteiger partial charge in [-0.05, 0) is 70.4 Å². The van der Waals surface area contributed by atoms with Crippen LogP contribution in [0.5, 0.6) is 0 Å². The summed E-state index contributed by atoms with van der Waals surface area (Å²) in [6.07, 6.45) is 4.84. The van der Waals surface area contributed by atoms with Gasteiger partial charge in [-0.25, -0.2) is 4.98 Å². The number of pyridine rings is 2. The molecule has 0 bridgehead atoms. The van der Waals surface area contributed by atoms with E-state index in [-0.39, 0.29) is 0 Å². The van der Waals surface area contributed by atoms with Crippen LogP contribution in [0.25, 0.3) is 11.1 Å². The van der Waals surface area contributed by atoms with Crippen LogP contribution >= 0.6 is 0 Å². The fourth-order valence-corrected chi connectivity index (χ4v) is 3.14. The Bertz CT molecular complexity index is 735. The molecule has 0 radical (unpaired) electrons. The van der Waals surface area contributed by atoms with E-state index in [1.54, 1.807) is 0 Å². The second-order valence-electron chi connectivity index (χ2n) is 6.55. The van der Waals surface area contributed by atoms with E-state index in [4.69, 9.17) is 4.98 Å². The van der Waals surface area contributed by atoms with Gasteiger partial charge in [0.25, 0.3) is 0 Å². The van der Waals surface area contributed by atoms with Crippen molar-refractivity contribution in [2.75, 3.05) is 36.0 Å². The molecule has 0 fully saturated rings. The second-order valence-corrected chi connectivity index (χ2v) is 6.55. The maximum absolute atomic E-state index is 4.97. The molecule has 4 heteroatoms. The van der Waals surface area contributed by atoms with Crippen LogP contribution in [0.15, 0.2) is 37.1 Å². The summed E-state index contributed by atoms with van der Waals surface area (Å²) in [6.45, 7) is 18.3. The van der Waals surface area contributed by atoms with Gasteiger partial charge in [0.2, 0.25) is 0 Å². The van der Waals surface area contributed by atoms with Crippen LogP contribution in [0.1, 0.15) is 38.4 Å². The molecule has 2 aromatic rings. The Morgan fingerprint density at radius 3 is 2.15 bits per heavy atom. The topological polar surface area (TPSA) is 32.3 Å². The minimum atomic E-state index is 0.924. The van der Waals surface area contributed by atoms with Crippen LogP contribution in [-0.2, 0) is 0 Å². The summed E-state index contributed by atoms with van der Waals surface area (Å²) in [5.41, 5.74) is 4.59. The van der Waals surface area contributed by atoms with Crippen molar-refractivity contribution in [3.63, 3.8) is 0 Å². The molecule has 26 heavy (non-hydrogen) atoms. The van der Waals surface area contributed by atoms with Gasteiger partial charge in [0.05, 0.1) is 0 Å². The van der Waals surface area contributed by atoms with Crippen molar-refractivity contribution < 1.29 is 0 Å². The van der Waals surface area contributed by atoms with Crippen LogP contribution in [0.4, 0.5) is 11.6 Å². The predicted molar refractivity (Wildman–Crippen MR) is 113 cm³/mol. The van der Waals surface area contributed by atoms with Crippen molar-refractivity contribution in [3.8, 4) is 11.1 Å². The van der Waals surface area contributed by atoms with Gasteiger partial charge in [0.1, 0.15) is 11.6 Å². The summed E-state index contributed by atoms with van der Waals surface area (Å²) in [4.78, 5) is 14.1. The zero-order valence-electron chi connectivity index (χ0n) is 16.9. The van der Waals surface area contributed by atoms with Gasteiger partial charge in [-0.2, -0.15) is 0 Å². The lowest BCUT2D eigenvalue weighted by atomic mass is 10.0. The van der Waals surface area contributed by atoms with Gasteiger partial charge >= 0.3 is 0 Å². The van der Waals surface area contributed by atoms with E-state index in [2.05, 4.69) is 74.2 Å². The molecule has 0 atom stereocenters. The Balaban J connectivity index is 2.59. The van der Waals surface area contributed by atoms with E-state index in [9.17, 15) is 0 Å². The van der Waals surface area contributed by atoms with E-state index in [0.717, 1.165) is 49.9 Å². The SMILES string of the molecule is C=CCCN(CC)c1cc(-c2cc(C)cnc2C)cc(N(CC)CC)n1. The Hall–Kier alpha value is -2.36. The van der Waals surface area contributed by atoms with Gasteiger partial charge < -0.3 is 9.80 Å². The van der Waals surface area contributed by atoms with Crippen molar-refractivity contribution in [1.82, 2.24) is 9.97 Å². The first kappa shape index (κ1) is 20.0. The van der Waals surface area contributed by atoms with Gasteiger partial charge in [-0.15, -0.1) is 6.58 Å². The molecule has 0 aliphatic heterocycles. The first-order valence-electron chi connectivity index (χ1n) is 9.60. The summed E-state index contributed by atoms with van der Waals surface area (Å²) in [5, 5.41) is 0. The lowest BCUT2D eigenvalue weighted by Gasteiger charge is -2.26. The van der Waals surface area contributed by atoms with Gasteiger partial charge in [0.15, 0.2) is 0 Å². The van der Waals surface area contributed by atoms with Crippen molar-refractivity contribution in [3.05, 3.63) is 48.3 Å². The summed E-state index contributed by atoms with van der Waals surface area (Å²) < 4.78 is 0. The van der Waals surface area contributed by atoms with Crippen LogP contribution in [0, 0.1) is 13.8 Å². The molecular weight excluding hydrogens is 320 g/mol. The molecule has 2 heterocycles. The standard InChI is InChI=1S/C22H32N4/c1-7-11-12-26(10-4)22-15-19(14-21(24-22)25(8-2)9-3)20-13-17(5)16-23-18(20)6/h7,13-16H,1,8-12H2,2-6H3. The number of rotatable bonds is 9. The highest BCUT2D eigenvalue weighted by Crippen LogP contribution is 2.30. The minimum absolute atomic E-state index is 0.924. The lowest BCUT2D eigenvalue weighted by Crippen LogP contribution is -2.27. The monoisotopic (exact) mass is 352 g/mol. The Kier molecular flexibility index (Phi) is 7.19. The van der Waals surface area contributed by atoms with Crippen molar-refractivity contribution >= 4 is 11.6 Å². The molecule has 0 aliphatic rings. The average Bonchev–Trinajstić information content (AvgIpc) is 2.65. The molecule has 2 rings (SSSR count). The largest absolute Gasteiger partial charge is 0.357 e. The zero-order valence-corrected chi connectivity index (χ0v) is 16.9. The smallest absolute Gasteiger partial charge is 0.131 e. The molecule has 140 valence electrons. The average molecular weight is 353 g/mol. The highest BCUT2D eigenvalue weighted by Gasteiger charge is 2.14. The lowest BCUT2D eigenvalue weighted by molar-refractivity contribution is 0.795. The second kappa shape index (κ2) is 9.37. The molecule has 0 aliphatic carbocycles. The molecule has 0 saturated carbocycles. The van der Waals surface area contributed by atoms with E-state index in [1.165, 1.54) is 16.7 Å².